The highest BCUT2D eigenvalue weighted by molar-refractivity contribution is 7.36. The summed E-state index contributed by atoms with van der Waals surface area (Å²) in [6.07, 6.45) is 0. The summed E-state index contributed by atoms with van der Waals surface area (Å²) in [7, 11) is -2.06. The van der Waals surface area contributed by atoms with Crippen molar-refractivity contribution in [2.24, 2.45) is 0 Å². The fourth-order valence-corrected chi connectivity index (χ4v) is 4.99. The van der Waals surface area contributed by atoms with Crippen LogP contribution in [0.4, 0.5) is 0 Å². The summed E-state index contributed by atoms with van der Waals surface area (Å²) in [6, 6.07) is 4.57. The lowest BCUT2D eigenvalue weighted by atomic mass is 10.0. The molecule has 3 rings (SSSR count). The van der Waals surface area contributed by atoms with Crippen molar-refractivity contribution >= 4 is 54.8 Å². The first-order valence-electron chi connectivity index (χ1n) is 11.2. The maximum Gasteiger partial charge on any atom is 0.339 e. The van der Waals surface area contributed by atoms with Gasteiger partial charge in [0.15, 0.2) is 9.40 Å². The Bertz CT molecular complexity index is 1330. The molecular weight excluding hydrogens is 492 g/mol. The predicted octanol–water partition coefficient (Wildman–Crippen LogP) is 3.79. The second-order valence-electron chi connectivity index (χ2n) is 7.27. The van der Waals surface area contributed by atoms with Crippen LogP contribution in [0.25, 0.3) is 20.2 Å². The summed E-state index contributed by atoms with van der Waals surface area (Å²) in [4.78, 5) is 63.7. The lowest BCUT2D eigenvalue weighted by Crippen LogP contribution is -2.17. The number of ether oxygens (including phenoxy) is 4. The number of carbonyl (C=O) groups is 4. The van der Waals surface area contributed by atoms with Crippen LogP contribution in [-0.4, -0.2) is 54.9 Å². The van der Waals surface area contributed by atoms with Crippen molar-refractivity contribution in [3.05, 3.63) is 56.7 Å². The van der Waals surface area contributed by atoms with Crippen LogP contribution in [0, 0.1) is 0 Å². The molecule has 0 fully saturated rings. The van der Waals surface area contributed by atoms with Crippen LogP contribution < -0.4 is 5.43 Å². The molecule has 0 amide bonds. The van der Waals surface area contributed by atoms with Crippen LogP contribution in [0.2, 0.25) is 0 Å². The molecule has 11 heteroatoms. The molecule has 0 aliphatic heterocycles. The Morgan fingerprint density at radius 3 is 1.17 bits per heavy atom. The molecule has 0 atom stereocenters. The van der Waals surface area contributed by atoms with E-state index in [9.17, 15) is 28.5 Å². The summed E-state index contributed by atoms with van der Waals surface area (Å²) < 4.78 is 33.5. The minimum atomic E-state index is -2.06. The number of hydrogen-bond acceptors (Lipinski definition) is 10. The Kier molecular flexibility index (Phi) is 8.38. The Morgan fingerprint density at radius 2 is 0.889 bits per heavy atom. The van der Waals surface area contributed by atoms with Crippen LogP contribution in [0.3, 0.4) is 0 Å². The van der Waals surface area contributed by atoms with E-state index in [2.05, 4.69) is 0 Å². The molecule has 0 saturated carbocycles. The maximum atomic E-state index is 13.6. The van der Waals surface area contributed by atoms with E-state index < -0.39 is 40.1 Å². The van der Waals surface area contributed by atoms with Gasteiger partial charge in [0.2, 0.25) is 5.43 Å². The Labute approximate surface area is 208 Å². The van der Waals surface area contributed by atoms with Gasteiger partial charge in [0, 0.05) is 12.1 Å². The number of fused-ring (bicyclic) bond motifs is 2. The zero-order valence-corrected chi connectivity index (χ0v) is 20.9. The van der Waals surface area contributed by atoms with Gasteiger partial charge < -0.3 is 23.5 Å². The smallest absolute Gasteiger partial charge is 0.339 e. The zero-order chi connectivity index (χ0) is 26.6. The zero-order valence-electron chi connectivity index (χ0n) is 20.1. The normalized spacial score (nSPS) is 10.8. The third-order valence-corrected chi connectivity index (χ3v) is 6.58. The van der Waals surface area contributed by atoms with Crippen LogP contribution >= 0.6 is 10.8 Å². The average Bonchev–Trinajstić information content (AvgIpc) is 2.86. The van der Waals surface area contributed by atoms with Gasteiger partial charge >= 0.3 is 23.9 Å². The standard InChI is InChI=1S/C25H24O10S/c1-5-32-22(27)13-9-17-19(11-15(13)24(29)34-7-3)36(31)20-12-16(25(30)35-8-4)14(23(28)33-6-2)10-18(20)21(17)26/h9-12H,5-8H2,1-4H3. The first-order valence-corrected chi connectivity index (χ1v) is 12.4. The van der Waals surface area contributed by atoms with Gasteiger partial charge in [-0.3, -0.25) is 4.79 Å². The van der Waals surface area contributed by atoms with Gasteiger partial charge in [-0.25, -0.2) is 19.2 Å². The second kappa shape index (κ2) is 11.3. The van der Waals surface area contributed by atoms with Crippen LogP contribution in [0.5, 0.6) is 0 Å². The lowest BCUT2D eigenvalue weighted by Gasteiger charge is -2.13. The molecular formula is C25H24O10S. The molecule has 0 bridgehead atoms. The number of esters is 4. The average molecular weight is 517 g/mol. The maximum absolute atomic E-state index is 13.6. The summed E-state index contributed by atoms with van der Waals surface area (Å²) in [5.41, 5.74) is -1.55. The van der Waals surface area contributed by atoms with E-state index in [1.807, 2.05) is 0 Å². The van der Waals surface area contributed by atoms with E-state index in [1.165, 1.54) is 0 Å². The fourth-order valence-electron chi connectivity index (χ4n) is 3.60. The van der Waals surface area contributed by atoms with Crippen molar-refractivity contribution in [1.29, 1.82) is 0 Å². The largest absolute Gasteiger partial charge is 0.590 e. The number of carbonyl (C=O) groups excluding carboxylic acids is 4. The van der Waals surface area contributed by atoms with Crippen LogP contribution in [-0.2, 0) is 18.9 Å². The van der Waals surface area contributed by atoms with Gasteiger partial charge in [0.05, 0.1) is 59.5 Å². The molecule has 2 aromatic carbocycles. The minimum Gasteiger partial charge on any atom is -0.590 e. The Hall–Kier alpha value is -3.83. The molecule has 10 nitrogen and oxygen atoms in total. The first kappa shape index (κ1) is 26.8. The molecule has 0 spiro atoms. The summed E-state index contributed by atoms with van der Waals surface area (Å²) >= 11 is 0. The summed E-state index contributed by atoms with van der Waals surface area (Å²) in [5, 5.41) is -0.230. The Balaban J connectivity index is 2.45. The number of hydrogen-bond donors (Lipinski definition) is 0. The molecule has 0 radical (unpaired) electrons. The van der Waals surface area contributed by atoms with Crippen molar-refractivity contribution in [2.45, 2.75) is 27.7 Å². The van der Waals surface area contributed by atoms with E-state index >= 15 is 0 Å². The van der Waals surface area contributed by atoms with Crippen molar-refractivity contribution in [3.8, 4) is 0 Å². The van der Waals surface area contributed by atoms with Crippen LogP contribution in [0.1, 0.15) is 69.1 Å². The van der Waals surface area contributed by atoms with Gasteiger partial charge in [-0.2, -0.15) is 0 Å². The van der Waals surface area contributed by atoms with E-state index in [1.54, 1.807) is 27.7 Å². The van der Waals surface area contributed by atoms with Crippen molar-refractivity contribution in [2.75, 3.05) is 26.4 Å². The SMILES string of the molecule is CCOC(=O)c1cc2c(=O)c3cc(C(=O)OCC)c(C(=O)OCC)cc3[s+]([O-])c2cc1C(=O)OCC. The van der Waals surface area contributed by atoms with E-state index in [4.69, 9.17) is 18.9 Å². The summed E-state index contributed by atoms with van der Waals surface area (Å²) in [6.45, 7) is 6.38. The highest BCUT2D eigenvalue weighted by Crippen LogP contribution is 2.36. The van der Waals surface area contributed by atoms with Gasteiger partial charge in [-0.15, -0.1) is 0 Å². The highest BCUT2D eigenvalue weighted by atomic mass is 32.2. The third kappa shape index (κ3) is 4.93. The van der Waals surface area contributed by atoms with Crippen molar-refractivity contribution in [3.63, 3.8) is 0 Å². The molecule has 1 heterocycles. The van der Waals surface area contributed by atoms with Gasteiger partial charge in [0.25, 0.3) is 0 Å². The Morgan fingerprint density at radius 1 is 0.611 bits per heavy atom. The third-order valence-electron chi connectivity index (χ3n) is 5.11. The number of benzene rings is 2. The fraction of sp³-hybridized carbons (Fsp3) is 0.320. The topological polar surface area (TPSA) is 145 Å². The quantitative estimate of drug-likeness (QED) is 0.188. The van der Waals surface area contributed by atoms with Gasteiger partial charge in [-0.05, 0) is 50.6 Å². The van der Waals surface area contributed by atoms with Gasteiger partial charge in [-0.1, -0.05) is 0 Å². The molecule has 0 aliphatic rings. The number of rotatable bonds is 8. The van der Waals surface area contributed by atoms with Gasteiger partial charge in [0.1, 0.15) is 0 Å². The van der Waals surface area contributed by atoms with Crippen LogP contribution in [0.15, 0.2) is 29.1 Å². The molecule has 190 valence electrons. The predicted molar refractivity (Wildman–Crippen MR) is 130 cm³/mol. The molecule has 1 aromatic heterocycles. The van der Waals surface area contributed by atoms with Crippen molar-refractivity contribution < 1.29 is 42.7 Å². The molecule has 0 N–H and O–H groups in total. The van der Waals surface area contributed by atoms with E-state index in [0.717, 1.165) is 24.3 Å². The first-order chi connectivity index (χ1) is 17.2. The summed E-state index contributed by atoms with van der Waals surface area (Å²) in [5.74, 6) is -3.44. The van der Waals surface area contributed by atoms with E-state index in [-0.39, 0.29) is 68.9 Å². The molecule has 0 unspecified atom stereocenters. The molecule has 0 saturated heterocycles. The monoisotopic (exact) mass is 516 g/mol. The second-order valence-corrected chi connectivity index (χ2v) is 8.68. The molecule has 36 heavy (non-hydrogen) atoms. The lowest BCUT2D eigenvalue weighted by molar-refractivity contribution is 0.0479. The molecule has 3 aromatic rings. The molecule has 0 aliphatic carbocycles. The minimum absolute atomic E-state index is 0.0143. The van der Waals surface area contributed by atoms with E-state index in [0.29, 0.717) is 0 Å². The van der Waals surface area contributed by atoms with Crippen molar-refractivity contribution in [1.82, 2.24) is 0 Å². The highest BCUT2D eigenvalue weighted by Gasteiger charge is 2.28.